The number of amides is 1. The lowest BCUT2D eigenvalue weighted by Crippen LogP contribution is -2.62. The standard InChI is InChI=1S/C20H23N3O3/c24-8-13-12-7-15-18-11(10-3-1-2-4-14(10)21-18)5-6-23(15)16-9-26-20(17(12)16)22-19(13)25/h1-4,12-13,15-17,20-21,24H,5-9H2,(H,22,25). The number of fused-ring (bicyclic) bond motifs is 6. The highest BCUT2D eigenvalue weighted by Crippen LogP contribution is 2.51. The van der Waals surface area contributed by atoms with Crippen molar-refractivity contribution in [2.24, 2.45) is 17.8 Å². The molecule has 0 radical (unpaired) electrons. The molecule has 2 aromatic rings. The van der Waals surface area contributed by atoms with Gasteiger partial charge in [0.2, 0.25) is 5.91 Å². The van der Waals surface area contributed by atoms with Gasteiger partial charge in [-0.3, -0.25) is 9.69 Å². The van der Waals surface area contributed by atoms with Gasteiger partial charge in [-0.1, -0.05) is 18.2 Å². The number of H-pyrrole nitrogens is 1. The van der Waals surface area contributed by atoms with E-state index in [1.54, 1.807) is 0 Å². The summed E-state index contributed by atoms with van der Waals surface area (Å²) < 4.78 is 5.96. The first-order valence-corrected chi connectivity index (χ1v) is 9.64. The average Bonchev–Trinajstić information content (AvgIpc) is 3.24. The van der Waals surface area contributed by atoms with Gasteiger partial charge in [0.25, 0.3) is 0 Å². The molecule has 3 N–H and O–H groups in total. The van der Waals surface area contributed by atoms with Crippen LogP contribution in [-0.2, 0) is 16.0 Å². The lowest BCUT2D eigenvalue weighted by molar-refractivity contribution is -0.144. The molecule has 6 rings (SSSR count). The summed E-state index contributed by atoms with van der Waals surface area (Å²) in [5.41, 5.74) is 3.93. The molecular weight excluding hydrogens is 330 g/mol. The lowest BCUT2D eigenvalue weighted by Gasteiger charge is -2.52. The van der Waals surface area contributed by atoms with Gasteiger partial charge in [0.15, 0.2) is 0 Å². The number of aliphatic hydroxyl groups is 1. The predicted molar refractivity (Wildman–Crippen MR) is 95.3 cm³/mol. The number of aromatic nitrogens is 1. The first-order chi connectivity index (χ1) is 12.8. The molecule has 4 aliphatic heterocycles. The van der Waals surface area contributed by atoms with E-state index in [1.165, 1.54) is 22.2 Å². The highest BCUT2D eigenvalue weighted by Gasteiger charge is 2.58. The second-order valence-electron chi connectivity index (χ2n) is 8.16. The van der Waals surface area contributed by atoms with Crippen LogP contribution in [0, 0.1) is 17.8 Å². The summed E-state index contributed by atoms with van der Waals surface area (Å²) in [5.74, 6) is 0.0785. The summed E-state index contributed by atoms with van der Waals surface area (Å²) >= 11 is 0. The van der Waals surface area contributed by atoms with Crippen molar-refractivity contribution in [1.29, 1.82) is 0 Å². The van der Waals surface area contributed by atoms with E-state index in [0.717, 1.165) is 19.4 Å². The van der Waals surface area contributed by atoms with Crippen LogP contribution in [-0.4, -0.2) is 52.9 Å². The second kappa shape index (κ2) is 5.31. The second-order valence-corrected chi connectivity index (χ2v) is 8.16. The number of aromatic amines is 1. The van der Waals surface area contributed by atoms with E-state index in [-0.39, 0.29) is 42.5 Å². The number of piperidine rings is 2. The maximum absolute atomic E-state index is 12.4. The van der Waals surface area contributed by atoms with Gasteiger partial charge in [-0.2, -0.15) is 0 Å². The van der Waals surface area contributed by atoms with Crippen LogP contribution in [0.25, 0.3) is 10.9 Å². The number of para-hydroxylation sites is 1. The van der Waals surface area contributed by atoms with E-state index < -0.39 is 0 Å². The molecule has 1 amide bonds. The third kappa shape index (κ3) is 1.84. The van der Waals surface area contributed by atoms with E-state index in [9.17, 15) is 9.90 Å². The molecule has 6 atom stereocenters. The van der Waals surface area contributed by atoms with Crippen molar-refractivity contribution < 1.29 is 14.6 Å². The quantitative estimate of drug-likeness (QED) is 0.719. The van der Waals surface area contributed by atoms with Crippen LogP contribution >= 0.6 is 0 Å². The summed E-state index contributed by atoms with van der Waals surface area (Å²) in [4.78, 5) is 18.7. The maximum Gasteiger partial charge on any atom is 0.227 e. The van der Waals surface area contributed by atoms with Crippen LogP contribution in [0.15, 0.2) is 24.3 Å². The molecule has 0 aliphatic carbocycles. The maximum atomic E-state index is 12.4. The van der Waals surface area contributed by atoms with Crippen LogP contribution in [0.3, 0.4) is 0 Å². The Kier molecular flexibility index (Phi) is 3.11. The number of ether oxygens (including phenoxy) is 1. The molecule has 3 fully saturated rings. The van der Waals surface area contributed by atoms with E-state index in [4.69, 9.17) is 4.74 Å². The fraction of sp³-hybridized carbons (Fsp3) is 0.550. The molecule has 6 unspecified atom stereocenters. The molecule has 3 saturated heterocycles. The number of carbonyl (C=O) groups is 1. The molecule has 6 nitrogen and oxygen atoms in total. The highest BCUT2D eigenvalue weighted by atomic mass is 16.5. The Morgan fingerprint density at radius 3 is 3.08 bits per heavy atom. The van der Waals surface area contributed by atoms with Crippen molar-refractivity contribution in [1.82, 2.24) is 15.2 Å². The molecule has 0 bridgehead atoms. The normalized spacial score (nSPS) is 38.6. The molecule has 4 aliphatic rings. The number of rotatable bonds is 1. The van der Waals surface area contributed by atoms with Crippen molar-refractivity contribution in [2.75, 3.05) is 19.8 Å². The number of carbonyl (C=O) groups excluding carboxylic acids is 1. The molecular formula is C20H23N3O3. The number of nitrogens with zero attached hydrogens (tertiary/aromatic N) is 1. The van der Waals surface area contributed by atoms with Gasteiger partial charge in [0.1, 0.15) is 6.23 Å². The predicted octanol–water partition coefficient (Wildman–Crippen LogP) is 1.17. The summed E-state index contributed by atoms with van der Waals surface area (Å²) in [6.45, 7) is 1.61. The number of benzene rings is 1. The van der Waals surface area contributed by atoms with Crippen LogP contribution in [0.5, 0.6) is 0 Å². The van der Waals surface area contributed by atoms with Gasteiger partial charge >= 0.3 is 0 Å². The Balaban J connectivity index is 1.46. The number of hydrogen-bond donors (Lipinski definition) is 3. The molecule has 5 heterocycles. The summed E-state index contributed by atoms with van der Waals surface area (Å²) in [5, 5.41) is 14.2. The van der Waals surface area contributed by atoms with Crippen LogP contribution in [0.2, 0.25) is 0 Å². The molecule has 6 heteroatoms. The molecule has 136 valence electrons. The van der Waals surface area contributed by atoms with Gasteiger partial charge in [0.05, 0.1) is 25.2 Å². The Morgan fingerprint density at radius 2 is 2.19 bits per heavy atom. The minimum absolute atomic E-state index is 0.0551. The van der Waals surface area contributed by atoms with E-state index in [0.29, 0.717) is 12.6 Å². The molecule has 1 aromatic heterocycles. The largest absolute Gasteiger partial charge is 0.396 e. The summed E-state index contributed by atoms with van der Waals surface area (Å²) in [6.07, 6.45) is 1.76. The van der Waals surface area contributed by atoms with Crippen molar-refractivity contribution in [3.05, 3.63) is 35.5 Å². The zero-order chi connectivity index (χ0) is 17.4. The minimum Gasteiger partial charge on any atom is -0.396 e. The van der Waals surface area contributed by atoms with Crippen molar-refractivity contribution in [2.45, 2.75) is 31.2 Å². The van der Waals surface area contributed by atoms with E-state index in [2.05, 4.69) is 39.5 Å². The Labute approximate surface area is 151 Å². The topological polar surface area (TPSA) is 77.6 Å². The van der Waals surface area contributed by atoms with E-state index in [1.807, 2.05) is 0 Å². The molecule has 0 spiro atoms. The summed E-state index contributed by atoms with van der Waals surface area (Å²) in [6, 6.07) is 9.11. The van der Waals surface area contributed by atoms with Gasteiger partial charge in [-0.25, -0.2) is 0 Å². The molecule has 26 heavy (non-hydrogen) atoms. The first kappa shape index (κ1) is 15.2. The SMILES string of the molecule is O=C1NC2OCC3C2C(CC2c4[nH]c5ccccc5c4CCN23)C1CO. The monoisotopic (exact) mass is 353 g/mol. The fourth-order valence-electron chi connectivity index (χ4n) is 6.09. The average molecular weight is 353 g/mol. The number of nitrogens with one attached hydrogen (secondary N) is 2. The van der Waals surface area contributed by atoms with Crippen LogP contribution in [0.1, 0.15) is 23.7 Å². The van der Waals surface area contributed by atoms with Gasteiger partial charge in [0, 0.05) is 35.1 Å². The third-order valence-corrected chi connectivity index (χ3v) is 7.19. The van der Waals surface area contributed by atoms with Crippen LogP contribution in [0.4, 0.5) is 0 Å². The van der Waals surface area contributed by atoms with Gasteiger partial charge in [-0.05, 0) is 30.4 Å². The zero-order valence-electron chi connectivity index (χ0n) is 14.5. The number of aliphatic hydroxyl groups excluding tert-OH is 1. The Bertz CT molecular complexity index is 894. The fourth-order valence-corrected chi connectivity index (χ4v) is 6.09. The smallest absolute Gasteiger partial charge is 0.227 e. The Morgan fingerprint density at radius 1 is 1.31 bits per heavy atom. The lowest BCUT2D eigenvalue weighted by atomic mass is 9.67. The highest BCUT2D eigenvalue weighted by molar-refractivity contribution is 5.85. The molecule has 1 aromatic carbocycles. The van der Waals surface area contributed by atoms with Gasteiger partial charge in [-0.15, -0.1) is 0 Å². The first-order valence-electron chi connectivity index (χ1n) is 9.64. The van der Waals surface area contributed by atoms with Crippen molar-refractivity contribution in [3.8, 4) is 0 Å². The molecule has 0 saturated carbocycles. The summed E-state index contributed by atoms with van der Waals surface area (Å²) in [7, 11) is 0. The van der Waals surface area contributed by atoms with Crippen molar-refractivity contribution >= 4 is 16.8 Å². The van der Waals surface area contributed by atoms with E-state index >= 15 is 0 Å². The minimum atomic E-state index is -0.322. The number of hydrogen-bond acceptors (Lipinski definition) is 4. The third-order valence-electron chi connectivity index (χ3n) is 7.19. The Hall–Kier alpha value is -1.89. The van der Waals surface area contributed by atoms with Crippen molar-refractivity contribution in [3.63, 3.8) is 0 Å². The van der Waals surface area contributed by atoms with Crippen LogP contribution < -0.4 is 5.32 Å². The zero-order valence-corrected chi connectivity index (χ0v) is 14.5. The van der Waals surface area contributed by atoms with Gasteiger partial charge < -0.3 is 20.1 Å².